The summed E-state index contributed by atoms with van der Waals surface area (Å²) in [6, 6.07) is 5.02. The first-order valence-electron chi connectivity index (χ1n) is 4.87. The standard InChI is InChI=1S/C11H17NO2S/c1-7(13)8(2)15-6-9-5-10(12)3-4-11(9)14/h3-5,7-8,13-14H,6,12H2,1-2H3. The maximum Gasteiger partial charge on any atom is 0.119 e. The SMILES string of the molecule is CC(O)C(C)SCc1cc(N)ccc1O. The van der Waals surface area contributed by atoms with Gasteiger partial charge in [-0.05, 0) is 25.1 Å². The van der Waals surface area contributed by atoms with Gasteiger partial charge in [-0.25, -0.2) is 0 Å². The molecule has 1 aromatic rings. The number of phenols is 1. The molecule has 84 valence electrons. The molecule has 4 N–H and O–H groups in total. The minimum atomic E-state index is -0.349. The molecule has 0 saturated carbocycles. The largest absolute Gasteiger partial charge is 0.508 e. The van der Waals surface area contributed by atoms with E-state index in [1.165, 1.54) is 0 Å². The molecular formula is C11H17NO2S. The molecule has 1 aromatic carbocycles. The Kier molecular flexibility index (Phi) is 4.29. The molecule has 15 heavy (non-hydrogen) atoms. The lowest BCUT2D eigenvalue weighted by Crippen LogP contribution is -2.15. The minimum absolute atomic E-state index is 0.144. The number of rotatable bonds is 4. The summed E-state index contributed by atoms with van der Waals surface area (Å²) in [6.07, 6.45) is -0.349. The topological polar surface area (TPSA) is 66.5 Å². The van der Waals surface area contributed by atoms with Crippen LogP contribution in [0.3, 0.4) is 0 Å². The molecule has 2 unspecified atom stereocenters. The second kappa shape index (κ2) is 5.28. The van der Waals surface area contributed by atoms with E-state index < -0.39 is 0 Å². The lowest BCUT2D eigenvalue weighted by Gasteiger charge is -2.14. The fourth-order valence-corrected chi connectivity index (χ4v) is 2.03. The van der Waals surface area contributed by atoms with Crippen LogP contribution in [-0.4, -0.2) is 21.6 Å². The van der Waals surface area contributed by atoms with E-state index in [2.05, 4.69) is 0 Å². The second-order valence-corrected chi connectivity index (χ2v) is 5.01. The molecule has 0 aliphatic heterocycles. The van der Waals surface area contributed by atoms with Gasteiger partial charge < -0.3 is 15.9 Å². The zero-order chi connectivity index (χ0) is 11.4. The van der Waals surface area contributed by atoms with Crippen molar-refractivity contribution in [3.8, 4) is 5.75 Å². The highest BCUT2D eigenvalue weighted by Crippen LogP contribution is 2.27. The zero-order valence-corrected chi connectivity index (χ0v) is 9.79. The van der Waals surface area contributed by atoms with Gasteiger partial charge in [-0.3, -0.25) is 0 Å². The summed E-state index contributed by atoms with van der Waals surface area (Å²) in [6.45, 7) is 3.72. The van der Waals surface area contributed by atoms with Gasteiger partial charge in [0.1, 0.15) is 5.75 Å². The highest BCUT2D eigenvalue weighted by Gasteiger charge is 2.10. The van der Waals surface area contributed by atoms with E-state index in [0.717, 1.165) is 5.56 Å². The van der Waals surface area contributed by atoms with E-state index in [0.29, 0.717) is 11.4 Å². The summed E-state index contributed by atoms with van der Waals surface area (Å²) in [5, 5.41) is 19.0. The predicted molar refractivity (Wildman–Crippen MR) is 65.0 cm³/mol. The Balaban J connectivity index is 2.61. The Hall–Kier alpha value is -0.870. The van der Waals surface area contributed by atoms with Crippen LogP contribution in [-0.2, 0) is 5.75 Å². The van der Waals surface area contributed by atoms with Gasteiger partial charge in [-0.2, -0.15) is 11.8 Å². The maximum atomic E-state index is 9.56. The third-order valence-corrected chi connectivity index (χ3v) is 3.68. The average molecular weight is 227 g/mol. The molecule has 4 heteroatoms. The van der Waals surface area contributed by atoms with Gasteiger partial charge >= 0.3 is 0 Å². The highest BCUT2D eigenvalue weighted by molar-refractivity contribution is 7.99. The number of anilines is 1. The molecule has 3 nitrogen and oxygen atoms in total. The first kappa shape index (κ1) is 12.2. The molecule has 0 heterocycles. The molecule has 0 aromatic heterocycles. The summed E-state index contributed by atoms with van der Waals surface area (Å²) in [4.78, 5) is 0. The van der Waals surface area contributed by atoms with Gasteiger partial charge in [0.2, 0.25) is 0 Å². The molecule has 0 saturated heterocycles. The second-order valence-electron chi connectivity index (χ2n) is 3.64. The Morgan fingerprint density at radius 1 is 1.40 bits per heavy atom. The fraction of sp³-hybridized carbons (Fsp3) is 0.455. The highest BCUT2D eigenvalue weighted by atomic mass is 32.2. The Bertz CT molecular complexity index is 328. The number of aliphatic hydroxyl groups is 1. The van der Waals surface area contributed by atoms with Crippen LogP contribution in [0.25, 0.3) is 0 Å². The normalized spacial score (nSPS) is 14.9. The number of nitrogens with two attached hydrogens (primary N) is 1. The lowest BCUT2D eigenvalue weighted by atomic mass is 10.2. The summed E-state index contributed by atoms with van der Waals surface area (Å²) in [5.74, 6) is 0.914. The van der Waals surface area contributed by atoms with Crippen molar-refractivity contribution < 1.29 is 10.2 Å². The van der Waals surface area contributed by atoms with Crippen LogP contribution in [0.4, 0.5) is 5.69 Å². The third kappa shape index (κ3) is 3.64. The van der Waals surface area contributed by atoms with Gasteiger partial charge in [0.25, 0.3) is 0 Å². The van der Waals surface area contributed by atoms with E-state index in [9.17, 15) is 10.2 Å². The number of aliphatic hydroxyl groups excluding tert-OH is 1. The number of aromatic hydroxyl groups is 1. The Labute approximate surface area is 94.3 Å². The van der Waals surface area contributed by atoms with Gasteiger partial charge in [0.05, 0.1) is 6.10 Å². The predicted octanol–water partition coefficient (Wildman–Crippen LogP) is 1.98. The smallest absolute Gasteiger partial charge is 0.119 e. The number of thioether (sulfide) groups is 1. The van der Waals surface area contributed by atoms with Crippen molar-refractivity contribution in [3.05, 3.63) is 23.8 Å². The quantitative estimate of drug-likeness (QED) is 0.543. The minimum Gasteiger partial charge on any atom is -0.508 e. The van der Waals surface area contributed by atoms with Gasteiger partial charge in [0.15, 0.2) is 0 Å². The Morgan fingerprint density at radius 2 is 2.07 bits per heavy atom. The van der Waals surface area contributed by atoms with Crippen LogP contribution < -0.4 is 5.73 Å². The van der Waals surface area contributed by atoms with Crippen molar-refractivity contribution in [2.75, 3.05) is 5.73 Å². The molecular weight excluding hydrogens is 210 g/mol. The van der Waals surface area contributed by atoms with Gasteiger partial charge in [-0.1, -0.05) is 6.92 Å². The molecule has 0 spiro atoms. The van der Waals surface area contributed by atoms with E-state index in [1.807, 2.05) is 6.92 Å². The third-order valence-electron chi connectivity index (χ3n) is 2.28. The van der Waals surface area contributed by atoms with Crippen molar-refractivity contribution in [3.63, 3.8) is 0 Å². The zero-order valence-electron chi connectivity index (χ0n) is 8.97. The van der Waals surface area contributed by atoms with Crippen molar-refractivity contribution in [2.24, 2.45) is 0 Å². The number of hydrogen-bond acceptors (Lipinski definition) is 4. The molecule has 0 amide bonds. The van der Waals surface area contributed by atoms with Crippen LogP contribution in [0.2, 0.25) is 0 Å². The summed E-state index contributed by atoms with van der Waals surface area (Å²) in [5.41, 5.74) is 7.08. The van der Waals surface area contributed by atoms with Gasteiger partial charge in [-0.15, -0.1) is 0 Å². The van der Waals surface area contributed by atoms with Crippen molar-refractivity contribution in [1.29, 1.82) is 0 Å². The van der Waals surface area contributed by atoms with Crippen molar-refractivity contribution in [2.45, 2.75) is 31.0 Å². The molecule has 2 atom stereocenters. The number of hydrogen-bond donors (Lipinski definition) is 3. The van der Waals surface area contributed by atoms with Crippen molar-refractivity contribution in [1.82, 2.24) is 0 Å². The monoisotopic (exact) mass is 227 g/mol. The molecule has 0 bridgehead atoms. The molecule has 0 aliphatic carbocycles. The van der Waals surface area contributed by atoms with E-state index in [-0.39, 0.29) is 17.1 Å². The fourth-order valence-electron chi connectivity index (χ4n) is 1.08. The summed E-state index contributed by atoms with van der Waals surface area (Å²) in [7, 11) is 0. The van der Waals surface area contributed by atoms with Crippen LogP contribution in [0, 0.1) is 0 Å². The first-order valence-corrected chi connectivity index (χ1v) is 5.92. The number of nitrogen functional groups attached to an aromatic ring is 1. The summed E-state index contributed by atoms with van der Waals surface area (Å²) >= 11 is 1.59. The van der Waals surface area contributed by atoms with Crippen LogP contribution in [0.15, 0.2) is 18.2 Å². The molecule has 1 rings (SSSR count). The number of benzene rings is 1. The van der Waals surface area contributed by atoms with E-state index >= 15 is 0 Å². The Morgan fingerprint density at radius 3 is 2.67 bits per heavy atom. The van der Waals surface area contributed by atoms with Gasteiger partial charge in [0, 0.05) is 22.3 Å². The van der Waals surface area contributed by atoms with E-state index in [4.69, 9.17) is 5.73 Å². The average Bonchev–Trinajstić information content (AvgIpc) is 2.18. The molecule has 0 aliphatic rings. The van der Waals surface area contributed by atoms with E-state index in [1.54, 1.807) is 36.9 Å². The summed E-state index contributed by atoms with van der Waals surface area (Å²) < 4.78 is 0. The molecule has 0 radical (unpaired) electrons. The van der Waals surface area contributed by atoms with Crippen molar-refractivity contribution >= 4 is 17.4 Å². The first-order chi connectivity index (χ1) is 7.00. The van der Waals surface area contributed by atoms with Crippen LogP contribution in [0.1, 0.15) is 19.4 Å². The maximum absolute atomic E-state index is 9.56. The van der Waals surface area contributed by atoms with Crippen LogP contribution in [0.5, 0.6) is 5.75 Å². The molecule has 0 fully saturated rings. The van der Waals surface area contributed by atoms with Crippen LogP contribution >= 0.6 is 11.8 Å². The lowest BCUT2D eigenvalue weighted by molar-refractivity contribution is 0.196. The number of phenolic OH excluding ortho intramolecular Hbond substituents is 1.